The normalized spacial score (nSPS) is 13.2. The van der Waals surface area contributed by atoms with Gasteiger partial charge in [-0.3, -0.25) is 0 Å². The number of anilines is 3. The van der Waals surface area contributed by atoms with Gasteiger partial charge in [0.25, 0.3) is 0 Å². The van der Waals surface area contributed by atoms with E-state index in [0.29, 0.717) is 0 Å². The van der Waals surface area contributed by atoms with Gasteiger partial charge < -0.3 is 9.64 Å². The van der Waals surface area contributed by atoms with E-state index < -0.39 is 0 Å². The average molecular weight is 704 g/mol. The van der Waals surface area contributed by atoms with Crippen molar-refractivity contribution in [3.63, 3.8) is 0 Å². The van der Waals surface area contributed by atoms with E-state index in [1.165, 1.54) is 49.4 Å². The third-order valence-corrected chi connectivity index (χ3v) is 11.9. The van der Waals surface area contributed by atoms with Crippen LogP contribution in [0.25, 0.3) is 66.1 Å². The Hall–Kier alpha value is -6.90. The molecule has 0 unspecified atom stereocenters. The number of rotatable bonds is 4. The Morgan fingerprint density at radius 2 is 0.945 bits per heavy atom. The van der Waals surface area contributed by atoms with Crippen LogP contribution in [0.1, 0.15) is 25.0 Å². The first-order valence-corrected chi connectivity index (χ1v) is 19.1. The van der Waals surface area contributed by atoms with E-state index in [4.69, 9.17) is 4.74 Å². The van der Waals surface area contributed by atoms with E-state index >= 15 is 0 Å². The van der Waals surface area contributed by atoms with E-state index in [-0.39, 0.29) is 5.41 Å². The Bertz CT molecular complexity index is 2990. The first-order valence-electron chi connectivity index (χ1n) is 19.1. The predicted molar refractivity (Wildman–Crippen MR) is 230 cm³/mol. The van der Waals surface area contributed by atoms with Crippen LogP contribution in [-0.2, 0) is 5.41 Å². The molecule has 0 saturated carbocycles. The molecule has 0 radical (unpaired) electrons. The molecule has 0 saturated heterocycles. The van der Waals surface area contributed by atoms with Crippen molar-refractivity contribution in [2.24, 2.45) is 0 Å². The minimum Gasteiger partial charge on any atom is -0.456 e. The molecule has 0 spiro atoms. The Kier molecular flexibility index (Phi) is 6.93. The van der Waals surface area contributed by atoms with E-state index in [1.807, 2.05) is 0 Å². The van der Waals surface area contributed by atoms with Crippen molar-refractivity contribution in [2.75, 3.05) is 4.90 Å². The van der Waals surface area contributed by atoms with Crippen molar-refractivity contribution in [1.82, 2.24) is 0 Å². The van der Waals surface area contributed by atoms with Gasteiger partial charge in [0.1, 0.15) is 11.5 Å². The molecule has 55 heavy (non-hydrogen) atoms. The average Bonchev–Trinajstić information content (AvgIpc) is 3.37. The second kappa shape index (κ2) is 12.1. The SMILES string of the molecule is CC1(C)c2ccccc2-c2ccc(N(c3ccc4c(c3)Oc3cc(-c5ccccc5)ccc3-c3ccccc3-4)c3cc4ccccc4c4ccccc34)cc21. The van der Waals surface area contributed by atoms with Gasteiger partial charge in [-0.05, 0) is 103 Å². The highest BCUT2D eigenvalue weighted by Crippen LogP contribution is 2.53. The van der Waals surface area contributed by atoms with Gasteiger partial charge in [-0.1, -0.05) is 153 Å². The molecule has 9 aromatic carbocycles. The number of nitrogens with zero attached hydrogens (tertiary/aromatic N) is 1. The van der Waals surface area contributed by atoms with Crippen molar-refractivity contribution in [3.05, 3.63) is 199 Å². The zero-order valence-corrected chi connectivity index (χ0v) is 30.8. The summed E-state index contributed by atoms with van der Waals surface area (Å²) in [6.45, 7) is 4.71. The molecule has 0 amide bonds. The zero-order valence-electron chi connectivity index (χ0n) is 30.8. The molecular weight excluding hydrogens is 667 g/mol. The van der Waals surface area contributed by atoms with Crippen LogP contribution in [0.15, 0.2) is 188 Å². The molecule has 260 valence electrons. The highest BCUT2D eigenvalue weighted by molar-refractivity contribution is 6.14. The summed E-state index contributed by atoms with van der Waals surface area (Å²) >= 11 is 0. The van der Waals surface area contributed by atoms with Crippen LogP contribution < -0.4 is 9.64 Å². The topological polar surface area (TPSA) is 12.5 Å². The van der Waals surface area contributed by atoms with Crippen molar-refractivity contribution in [3.8, 4) is 56.0 Å². The molecule has 1 aliphatic carbocycles. The molecule has 2 aliphatic rings. The molecule has 0 atom stereocenters. The van der Waals surface area contributed by atoms with Crippen molar-refractivity contribution in [2.45, 2.75) is 19.3 Å². The maximum absolute atomic E-state index is 7.09. The Morgan fingerprint density at radius 1 is 0.382 bits per heavy atom. The summed E-state index contributed by atoms with van der Waals surface area (Å²) in [5.41, 5.74) is 15.3. The molecular formula is C53H37NO. The molecule has 1 aliphatic heterocycles. The van der Waals surface area contributed by atoms with Gasteiger partial charge in [-0.2, -0.15) is 0 Å². The van der Waals surface area contributed by atoms with E-state index in [0.717, 1.165) is 56.4 Å². The first-order chi connectivity index (χ1) is 27.0. The molecule has 9 aromatic rings. The van der Waals surface area contributed by atoms with Crippen LogP contribution in [0.2, 0.25) is 0 Å². The fourth-order valence-electron chi connectivity index (χ4n) is 9.15. The number of hydrogen-bond acceptors (Lipinski definition) is 2. The van der Waals surface area contributed by atoms with Gasteiger partial charge >= 0.3 is 0 Å². The molecule has 11 rings (SSSR count). The smallest absolute Gasteiger partial charge is 0.137 e. The van der Waals surface area contributed by atoms with Crippen molar-refractivity contribution < 1.29 is 4.74 Å². The van der Waals surface area contributed by atoms with E-state index in [9.17, 15) is 0 Å². The third kappa shape index (κ3) is 4.88. The summed E-state index contributed by atoms with van der Waals surface area (Å²) in [5.74, 6) is 1.68. The summed E-state index contributed by atoms with van der Waals surface area (Å²) in [7, 11) is 0. The fraction of sp³-hybridized carbons (Fsp3) is 0.0566. The molecule has 0 bridgehead atoms. The monoisotopic (exact) mass is 703 g/mol. The standard InChI is InChI=1S/C53H37NO/c1-53(2)48-23-13-12-21-43(48)44-28-25-37(32-49(44)53)54(50-30-36-16-6-7-17-39(36)40-18-10-11-22-45(40)50)38-26-29-47-42-20-9-8-19-41(42)46-27-24-35(34-14-4-3-5-15-34)31-51(46)55-52(47)33-38/h3-33H,1-2H3. The van der Waals surface area contributed by atoms with Crippen molar-refractivity contribution in [1.29, 1.82) is 0 Å². The largest absolute Gasteiger partial charge is 0.456 e. The summed E-state index contributed by atoms with van der Waals surface area (Å²) in [6.07, 6.45) is 0. The maximum Gasteiger partial charge on any atom is 0.137 e. The molecule has 2 nitrogen and oxygen atoms in total. The lowest BCUT2D eigenvalue weighted by molar-refractivity contribution is 0.488. The van der Waals surface area contributed by atoms with E-state index in [1.54, 1.807) is 0 Å². The lowest BCUT2D eigenvalue weighted by Crippen LogP contribution is -2.16. The van der Waals surface area contributed by atoms with Gasteiger partial charge in [0.05, 0.1) is 5.69 Å². The highest BCUT2D eigenvalue weighted by atomic mass is 16.5. The second-order valence-electron chi connectivity index (χ2n) is 15.3. The maximum atomic E-state index is 7.09. The Morgan fingerprint density at radius 3 is 1.73 bits per heavy atom. The number of fused-ring (bicyclic) bond motifs is 11. The van der Waals surface area contributed by atoms with Crippen LogP contribution in [0.3, 0.4) is 0 Å². The van der Waals surface area contributed by atoms with Crippen LogP contribution in [0.5, 0.6) is 11.5 Å². The van der Waals surface area contributed by atoms with Gasteiger partial charge in [0.2, 0.25) is 0 Å². The minimum absolute atomic E-state index is 0.139. The van der Waals surface area contributed by atoms with Gasteiger partial charge in [-0.15, -0.1) is 0 Å². The molecule has 0 aromatic heterocycles. The number of ether oxygens (including phenoxy) is 1. The Labute approximate surface area is 321 Å². The zero-order chi connectivity index (χ0) is 36.7. The van der Waals surface area contributed by atoms with Gasteiger partial charge in [-0.25, -0.2) is 0 Å². The molecule has 1 heterocycles. The third-order valence-electron chi connectivity index (χ3n) is 11.9. The summed E-state index contributed by atoms with van der Waals surface area (Å²) in [5, 5.41) is 4.89. The van der Waals surface area contributed by atoms with Gasteiger partial charge in [0.15, 0.2) is 0 Å². The lowest BCUT2D eigenvalue weighted by Gasteiger charge is -2.30. The molecule has 0 fully saturated rings. The number of benzene rings is 9. The van der Waals surface area contributed by atoms with Crippen LogP contribution in [0, 0.1) is 0 Å². The van der Waals surface area contributed by atoms with E-state index in [2.05, 4.69) is 207 Å². The van der Waals surface area contributed by atoms with Crippen LogP contribution in [0.4, 0.5) is 17.1 Å². The summed E-state index contributed by atoms with van der Waals surface area (Å²) in [4.78, 5) is 2.44. The predicted octanol–water partition coefficient (Wildman–Crippen LogP) is 14.9. The van der Waals surface area contributed by atoms with Crippen LogP contribution >= 0.6 is 0 Å². The lowest BCUT2D eigenvalue weighted by atomic mass is 9.82. The quantitative estimate of drug-likeness (QED) is 0.169. The van der Waals surface area contributed by atoms with Crippen LogP contribution in [-0.4, -0.2) is 0 Å². The van der Waals surface area contributed by atoms with Crippen molar-refractivity contribution >= 4 is 38.6 Å². The molecule has 0 N–H and O–H groups in total. The summed E-state index contributed by atoms with van der Waals surface area (Å²) < 4.78 is 7.09. The first kappa shape index (κ1) is 31.6. The van der Waals surface area contributed by atoms with Gasteiger partial charge in [0, 0.05) is 39.4 Å². The Balaban J connectivity index is 1.15. The highest BCUT2D eigenvalue weighted by Gasteiger charge is 2.36. The number of hydrogen-bond donors (Lipinski definition) is 0. The molecule has 2 heteroatoms. The summed E-state index contributed by atoms with van der Waals surface area (Å²) in [6, 6.07) is 68.4. The second-order valence-corrected chi connectivity index (χ2v) is 15.3. The minimum atomic E-state index is -0.139. The fourth-order valence-corrected chi connectivity index (χ4v) is 9.15.